The first-order valence-electron chi connectivity index (χ1n) is 14.3. The second-order valence-electron chi connectivity index (χ2n) is 9.72. The van der Waals surface area contributed by atoms with Gasteiger partial charge in [-0.05, 0) is 38.3 Å². The van der Waals surface area contributed by atoms with E-state index in [2.05, 4.69) is 20.8 Å². The summed E-state index contributed by atoms with van der Waals surface area (Å²) < 4.78 is 17.0. The molecule has 1 aliphatic rings. The van der Waals surface area contributed by atoms with E-state index in [0.717, 1.165) is 57.8 Å². The van der Waals surface area contributed by atoms with E-state index in [-0.39, 0.29) is 24.8 Å². The zero-order chi connectivity index (χ0) is 29.5. The van der Waals surface area contributed by atoms with Gasteiger partial charge in [0.25, 0.3) is 0 Å². The minimum Gasteiger partial charge on any atom is -0.481 e. The van der Waals surface area contributed by atoms with Crippen LogP contribution in [0.3, 0.4) is 0 Å². The first-order valence-corrected chi connectivity index (χ1v) is 14.3. The van der Waals surface area contributed by atoms with Gasteiger partial charge in [-0.2, -0.15) is 0 Å². The van der Waals surface area contributed by atoms with Gasteiger partial charge in [0.05, 0.1) is 12.6 Å². The summed E-state index contributed by atoms with van der Waals surface area (Å²) in [5, 5.41) is 9.97. The molecule has 1 heterocycles. The molecule has 1 amide bonds. The quantitative estimate of drug-likeness (QED) is 0.0937. The predicted octanol–water partition coefficient (Wildman–Crippen LogP) is 3.88. The molecule has 1 saturated heterocycles. The molecule has 0 spiro atoms. The number of carboxylic acid groups (broad SMARTS) is 1. The maximum Gasteiger partial charge on any atom is 0.306 e. The molecular formula is C29H51N2O8+. The van der Waals surface area contributed by atoms with Gasteiger partial charge in [0.1, 0.15) is 18.8 Å². The molecule has 224 valence electrons. The Morgan fingerprint density at radius 3 is 2.03 bits per heavy atom. The summed E-state index contributed by atoms with van der Waals surface area (Å²) in [6, 6.07) is 0. The molecule has 0 saturated carbocycles. The SMILES string of the molecule is CCCCCC(=O)O.CCCCCC(=O)OC[C@H]1O[C@@H]([NH2+]/C=C\C=C(/C)C(N)=O)C[C@@H]1OC(=O)CCCCC. The van der Waals surface area contributed by atoms with Crippen LogP contribution in [-0.4, -0.2) is 54.0 Å². The number of quaternary nitrogens is 1. The molecule has 10 heteroatoms. The fourth-order valence-corrected chi connectivity index (χ4v) is 3.65. The lowest BCUT2D eigenvalue weighted by Crippen LogP contribution is -2.84. The van der Waals surface area contributed by atoms with Gasteiger partial charge in [0.2, 0.25) is 5.91 Å². The Morgan fingerprint density at radius 1 is 0.923 bits per heavy atom. The Bertz CT molecular complexity index is 781. The number of unbranched alkanes of at least 4 members (excludes halogenated alkanes) is 6. The number of esters is 2. The van der Waals surface area contributed by atoms with Crippen LogP contribution >= 0.6 is 0 Å². The topological polar surface area (TPSA) is 159 Å². The van der Waals surface area contributed by atoms with E-state index in [1.807, 2.05) is 5.32 Å². The summed E-state index contributed by atoms with van der Waals surface area (Å²) in [4.78, 5) is 45.0. The highest BCUT2D eigenvalue weighted by molar-refractivity contribution is 5.91. The van der Waals surface area contributed by atoms with E-state index < -0.39 is 24.1 Å². The molecule has 1 rings (SSSR count). The zero-order valence-corrected chi connectivity index (χ0v) is 24.3. The molecular weight excluding hydrogens is 504 g/mol. The van der Waals surface area contributed by atoms with Gasteiger partial charge in [0.15, 0.2) is 6.23 Å². The van der Waals surface area contributed by atoms with Crippen molar-refractivity contribution in [2.45, 2.75) is 130 Å². The Morgan fingerprint density at radius 2 is 1.49 bits per heavy atom. The molecule has 0 bridgehead atoms. The van der Waals surface area contributed by atoms with Gasteiger partial charge in [-0.25, -0.2) is 0 Å². The fraction of sp³-hybridized carbons (Fsp3) is 0.724. The number of carboxylic acids is 1. The smallest absolute Gasteiger partial charge is 0.306 e. The van der Waals surface area contributed by atoms with E-state index in [1.54, 1.807) is 25.3 Å². The Balaban J connectivity index is 0.00000156. The first kappa shape index (κ1) is 36.3. The van der Waals surface area contributed by atoms with Crippen LogP contribution in [0.2, 0.25) is 0 Å². The van der Waals surface area contributed by atoms with Crippen molar-refractivity contribution in [2.24, 2.45) is 5.73 Å². The van der Waals surface area contributed by atoms with E-state index in [4.69, 9.17) is 25.1 Å². The number of carbonyl (C=O) groups excluding carboxylic acids is 3. The summed E-state index contributed by atoms with van der Waals surface area (Å²) in [6.45, 7) is 7.91. The number of carbonyl (C=O) groups is 4. The van der Waals surface area contributed by atoms with Gasteiger partial charge in [-0.1, -0.05) is 59.3 Å². The van der Waals surface area contributed by atoms with E-state index in [1.165, 1.54) is 0 Å². The molecule has 3 atom stereocenters. The highest BCUT2D eigenvalue weighted by Gasteiger charge is 2.40. The van der Waals surface area contributed by atoms with Crippen molar-refractivity contribution in [3.8, 4) is 0 Å². The Labute approximate surface area is 233 Å². The average molecular weight is 556 g/mol. The molecule has 1 aliphatic heterocycles. The summed E-state index contributed by atoms with van der Waals surface area (Å²) in [5.74, 6) is -1.67. The van der Waals surface area contributed by atoms with E-state index in [9.17, 15) is 19.2 Å². The van der Waals surface area contributed by atoms with Crippen molar-refractivity contribution < 1.29 is 43.8 Å². The number of allylic oxidation sites excluding steroid dienone is 2. The number of ether oxygens (including phenoxy) is 3. The maximum atomic E-state index is 12.2. The Hall–Kier alpha value is -2.72. The van der Waals surface area contributed by atoms with Crippen LogP contribution < -0.4 is 11.1 Å². The van der Waals surface area contributed by atoms with Gasteiger partial charge < -0.3 is 25.1 Å². The monoisotopic (exact) mass is 555 g/mol. The van der Waals surface area contributed by atoms with Crippen LogP contribution in [-0.2, 0) is 33.4 Å². The van der Waals surface area contributed by atoms with Crippen LogP contribution in [0.5, 0.6) is 0 Å². The lowest BCUT2D eigenvalue weighted by Gasteiger charge is -2.18. The molecule has 39 heavy (non-hydrogen) atoms. The number of hydrogen-bond acceptors (Lipinski definition) is 7. The molecule has 0 aromatic carbocycles. The molecule has 0 aromatic rings. The number of amides is 1. The first-order chi connectivity index (χ1) is 18.6. The molecule has 10 nitrogen and oxygen atoms in total. The summed E-state index contributed by atoms with van der Waals surface area (Å²) in [5.41, 5.74) is 5.64. The maximum absolute atomic E-state index is 12.2. The fourth-order valence-electron chi connectivity index (χ4n) is 3.65. The van der Waals surface area contributed by atoms with Crippen LogP contribution in [0.1, 0.15) is 111 Å². The molecule has 1 fully saturated rings. The molecule has 0 aliphatic carbocycles. The lowest BCUT2D eigenvalue weighted by atomic mass is 10.1. The van der Waals surface area contributed by atoms with E-state index >= 15 is 0 Å². The Kier molecular flexibility index (Phi) is 21.6. The lowest BCUT2D eigenvalue weighted by molar-refractivity contribution is -0.667. The molecule has 0 unspecified atom stereocenters. The van der Waals surface area contributed by atoms with Crippen LogP contribution in [0.15, 0.2) is 23.9 Å². The van der Waals surface area contributed by atoms with Crippen molar-refractivity contribution in [2.75, 3.05) is 6.61 Å². The second kappa shape index (κ2) is 23.2. The summed E-state index contributed by atoms with van der Waals surface area (Å²) in [6.07, 6.45) is 14.0. The standard InChI is InChI=1S/C23H38N2O6.C6H12O2/c1-4-6-8-12-21(26)29-16-19-18(31-22(27)13-9-7-5-2)15-20(30-19)25-14-10-11-17(3)23(24)28;1-2-3-4-5-6(7)8/h10-11,14,18-20,25H,4-9,12-13,15-16H2,1-3H3,(H2,24,28);2-5H2,1H3,(H,7,8)/p+1/b14-10-,17-11+;/t18-,19+,20+;/m0./s1. The highest BCUT2D eigenvalue weighted by Crippen LogP contribution is 2.22. The number of nitrogens with two attached hydrogens (primary N) is 2. The number of hydrogen-bond donors (Lipinski definition) is 3. The normalized spacial score (nSPS) is 18.9. The third-order valence-electron chi connectivity index (χ3n) is 6.06. The molecule has 0 aromatic heterocycles. The van der Waals surface area contributed by atoms with Gasteiger partial charge in [0, 0.05) is 24.8 Å². The molecule has 5 N–H and O–H groups in total. The van der Waals surface area contributed by atoms with Crippen molar-refractivity contribution in [1.29, 1.82) is 0 Å². The summed E-state index contributed by atoms with van der Waals surface area (Å²) >= 11 is 0. The molecule has 0 radical (unpaired) electrons. The van der Waals surface area contributed by atoms with Crippen molar-refractivity contribution in [1.82, 2.24) is 0 Å². The average Bonchev–Trinajstić information content (AvgIpc) is 3.26. The summed E-state index contributed by atoms with van der Waals surface area (Å²) in [7, 11) is 0. The highest BCUT2D eigenvalue weighted by atomic mass is 16.6. The van der Waals surface area contributed by atoms with Gasteiger partial charge in [-0.15, -0.1) is 0 Å². The van der Waals surface area contributed by atoms with Gasteiger partial charge in [-0.3, -0.25) is 24.5 Å². The number of primary amides is 1. The van der Waals surface area contributed by atoms with Crippen molar-refractivity contribution in [3.63, 3.8) is 0 Å². The second-order valence-corrected chi connectivity index (χ2v) is 9.72. The zero-order valence-electron chi connectivity index (χ0n) is 24.3. The van der Waals surface area contributed by atoms with Crippen LogP contribution in [0.25, 0.3) is 0 Å². The van der Waals surface area contributed by atoms with Crippen LogP contribution in [0.4, 0.5) is 0 Å². The minimum absolute atomic E-state index is 0.0621. The van der Waals surface area contributed by atoms with Crippen molar-refractivity contribution in [3.05, 3.63) is 23.9 Å². The van der Waals surface area contributed by atoms with Crippen LogP contribution in [0, 0.1) is 0 Å². The van der Waals surface area contributed by atoms with Gasteiger partial charge >= 0.3 is 17.9 Å². The predicted molar refractivity (Wildman–Crippen MR) is 148 cm³/mol. The van der Waals surface area contributed by atoms with Crippen molar-refractivity contribution >= 4 is 23.8 Å². The number of aliphatic carboxylic acids is 1. The largest absolute Gasteiger partial charge is 0.481 e. The third kappa shape index (κ3) is 19.9. The number of rotatable bonds is 19. The minimum atomic E-state index is -0.682. The third-order valence-corrected chi connectivity index (χ3v) is 6.06. The van der Waals surface area contributed by atoms with E-state index in [0.29, 0.717) is 31.3 Å².